The second kappa shape index (κ2) is 5.03. The van der Waals surface area contributed by atoms with Crippen LogP contribution in [0.15, 0.2) is 5.11 Å². The highest BCUT2D eigenvalue weighted by atomic mass is 15.1. The van der Waals surface area contributed by atoms with Crippen LogP contribution in [-0.2, 0) is 0 Å². The maximum absolute atomic E-state index is 8.17. The normalized spacial score (nSPS) is 10.8. The Kier molecular flexibility index (Phi) is 4.71. The van der Waals surface area contributed by atoms with Crippen LogP contribution < -0.4 is 0 Å². The molecule has 0 aliphatic carbocycles. The van der Waals surface area contributed by atoms with E-state index in [4.69, 9.17) is 5.53 Å². The van der Waals surface area contributed by atoms with E-state index in [0.29, 0.717) is 6.54 Å². The minimum Gasteiger partial charge on any atom is -0.0934 e. The zero-order valence-corrected chi connectivity index (χ0v) is 7.67. The van der Waals surface area contributed by atoms with E-state index in [1.807, 2.05) is 0 Å². The SMILES string of the molecule is CCC(CC)(CC)CN=[N+]=[N-]. The summed E-state index contributed by atoms with van der Waals surface area (Å²) in [5.74, 6) is 0. The largest absolute Gasteiger partial charge is 0.0934 e. The van der Waals surface area contributed by atoms with Crippen LogP contribution in [0, 0.1) is 5.41 Å². The molecule has 0 aromatic rings. The fraction of sp³-hybridized carbons (Fsp3) is 1.00. The summed E-state index contributed by atoms with van der Waals surface area (Å²) in [5.41, 5.74) is 8.43. The van der Waals surface area contributed by atoms with Crippen molar-refractivity contribution in [3.8, 4) is 0 Å². The molecular weight excluding hydrogens is 138 g/mol. The van der Waals surface area contributed by atoms with Gasteiger partial charge in [0.15, 0.2) is 0 Å². The van der Waals surface area contributed by atoms with Gasteiger partial charge in [-0.05, 0) is 10.9 Å². The predicted molar refractivity (Wildman–Crippen MR) is 47.3 cm³/mol. The number of nitrogens with zero attached hydrogens (tertiary/aromatic N) is 3. The fourth-order valence-corrected chi connectivity index (χ4v) is 1.27. The van der Waals surface area contributed by atoms with Crippen LogP contribution in [0.4, 0.5) is 0 Å². The number of azide groups is 1. The van der Waals surface area contributed by atoms with Crippen LogP contribution in [-0.4, -0.2) is 6.54 Å². The lowest BCUT2D eigenvalue weighted by molar-refractivity contribution is 0.262. The molecule has 0 aliphatic heterocycles. The molecule has 0 bridgehead atoms. The van der Waals surface area contributed by atoms with Crippen molar-refractivity contribution < 1.29 is 0 Å². The summed E-state index contributed by atoms with van der Waals surface area (Å²) in [5, 5.41) is 3.64. The maximum atomic E-state index is 8.17. The van der Waals surface area contributed by atoms with Crippen molar-refractivity contribution in [2.75, 3.05) is 6.54 Å². The molecule has 11 heavy (non-hydrogen) atoms. The summed E-state index contributed by atoms with van der Waals surface area (Å²) in [6.45, 7) is 7.10. The minimum absolute atomic E-state index is 0.256. The first-order valence-electron chi connectivity index (χ1n) is 4.25. The van der Waals surface area contributed by atoms with E-state index in [1.54, 1.807) is 0 Å². The van der Waals surface area contributed by atoms with Crippen molar-refractivity contribution in [2.45, 2.75) is 40.0 Å². The third-order valence-corrected chi connectivity index (χ3v) is 2.72. The monoisotopic (exact) mass is 155 g/mol. The standard InChI is InChI=1S/C8H17N3/c1-4-8(5-2,6-3)7-10-11-9/h4-7H2,1-3H3. The Labute approximate surface area is 68.4 Å². The summed E-state index contributed by atoms with van der Waals surface area (Å²) in [7, 11) is 0. The molecule has 0 spiro atoms. The molecule has 0 saturated heterocycles. The lowest BCUT2D eigenvalue weighted by Gasteiger charge is -2.27. The quantitative estimate of drug-likeness (QED) is 0.331. The van der Waals surface area contributed by atoms with Gasteiger partial charge in [-0.15, -0.1) is 0 Å². The molecule has 0 radical (unpaired) electrons. The minimum atomic E-state index is 0.256. The zero-order chi connectivity index (χ0) is 8.74. The first-order chi connectivity index (χ1) is 5.24. The Balaban J connectivity index is 4.15. The van der Waals surface area contributed by atoms with E-state index in [0.717, 1.165) is 19.3 Å². The lowest BCUT2D eigenvalue weighted by atomic mass is 9.80. The van der Waals surface area contributed by atoms with Gasteiger partial charge in [-0.25, -0.2) is 0 Å². The van der Waals surface area contributed by atoms with Gasteiger partial charge in [0.25, 0.3) is 0 Å². The maximum Gasteiger partial charge on any atom is 0.0314 e. The van der Waals surface area contributed by atoms with E-state index >= 15 is 0 Å². The third kappa shape index (κ3) is 2.81. The van der Waals surface area contributed by atoms with Crippen LogP contribution in [0.1, 0.15) is 40.0 Å². The van der Waals surface area contributed by atoms with Crippen LogP contribution in [0.25, 0.3) is 10.4 Å². The Morgan fingerprint density at radius 2 is 1.64 bits per heavy atom. The third-order valence-electron chi connectivity index (χ3n) is 2.72. The van der Waals surface area contributed by atoms with Gasteiger partial charge in [0.05, 0.1) is 0 Å². The molecule has 3 nitrogen and oxygen atoms in total. The highest BCUT2D eigenvalue weighted by Gasteiger charge is 2.22. The predicted octanol–water partition coefficient (Wildman–Crippen LogP) is 3.51. The van der Waals surface area contributed by atoms with Crippen LogP contribution in [0.3, 0.4) is 0 Å². The summed E-state index contributed by atoms with van der Waals surface area (Å²) in [4.78, 5) is 2.79. The number of hydrogen-bond donors (Lipinski definition) is 0. The van der Waals surface area contributed by atoms with Crippen LogP contribution >= 0.6 is 0 Å². The van der Waals surface area contributed by atoms with E-state index in [-0.39, 0.29) is 5.41 Å². The Morgan fingerprint density at radius 3 is 1.91 bits per heavy atom. The molecule has 3 heteroatoms. The lowest BCUT2D eigenvalue weighted by Crippen LogP contribution is -2.21. The second-order valence-electron chi connectivity index (χ2n) is 2.95. The molecule has 0 N–H and O–H groups in total. The molecule has 64 valence electrons. The van der Waals surface area contributed by atoms with Gasteiger partial charge in [0.2, 0.25) is 0 Å². The molecule has 0 rings (SSSR count). The first-order valence-corrected chi connectivity index (χ1v) is 4.25. The van der Waals surface area contributed by atoms with E-state index in [1.165, 1.54) is 0 Å². The molecule has 0 amide bonds. The fourth-order valence-electron chi connectivity index (χ4n) is 1.27. The van der Waals surface area contributed by atoms with Crippen molar-refractivity contribution in [1.82, 2.24) is 0 Å². The Hall–Kier alpha value is -0.690. The summed E-state index contributed by atoms with van der Waals surface area (Å²) in [6, 6.07) is 0. The Bertz CT molecular complexity index is 135. The van der Waals surface area contributed by atoms with Gasteiger partial charge in [-0.1, -0.05) is 45.1 Å². The van der Waals surface area contributed by atoms with E-state index in [9.17, 15) is 0 Å². The highest BCUT2D eigenvalue weighted by Crippen LogP contribution is 2.30. The molecule has 0 aromatic carbocycles. The summed E-state index contributed by atoms with van der Waals surface area (Å²) >= 11 is 0. The van der Waals surface area contributed by atoms with Crippen molar-refractivity contribution in [1.29, 1.82) is 0 Å². The average molecular weight is 155 g/mol. The van der Waals surface area contributed by atoms with Crippen molar-refractivity contribution in [3.05, 3.63) is 10.4 Å². The molecule has 0 atom stereocenters. The van der Waals surface area contributed by atoms with Crippen molar-refractivity contribution in [3.63, 3.8) is 0 Å². The second-order valence-corrected chi connectivity index (χ2v) is 2.95. The van der Waals surface area contributed by atoms with Gasteiger partial charge in [-0.3, -0.25) is 0 Å². The van der Waals surface area contributed by atoms with E-state index in [2.05, 4.69) is 30.8 Å². The molecule has 0 heterocycles. The van der Waals surface area contributed by atoms with Crippen LogP contribution in [0.2, 0.25) is 0 Å². The smallest absolute Gasteiger partial charge is 0.0314 e. The van der Waals surface area contributed by atoms with Crippen molar-refractivity contribution >= 4 is 0 Å². The summed E-state index contributed by atoms with van der Waals surface area (Å²) < 4.78 is 0. The molecule has 0 aromatic heterocycles. The highest BCUT2D eigenvalue weighted by molar-refractivity contribution is 4.77. The zero-order valence-electron chi connectivity index (χ0n) is 7.67. The Morgan fingerprint density at radius 1 is 1.18 bits per heavy atom. The van der Waals surface area contributed by atoms with Gasteiger partial charge in [0, 0.05) is 11.5 Å². The summed E-state index contributed by atoms with van der Waals surface area (Å²) in [6.07, 6.45) is 3.29. The number of hydrogen-bond acceptors (Lipinski definition) is 1. The van der Waals surface area contributed by atoms with Gasteiger partial charge in [0.1, 0.15) is 0 Å². The molecule has 0 unspecified atom stereocenters. The van der Waals surface area contributed by atoms with Gasteiger partial charge >= 0.3 is 0 Å². The average Bonchev–Trinajstić information content (AvgIpc) is 2.08. The van der Waals surface area contributed by atoms with E-state index < -0.39 is 0 Å². The van der Waals surface area contributed by atoms with Crippen LogP contribution in [0.5, 0.6) is 0 Å². The van der Waals surface area contributed by atoms with Crippen molar-refractivity contribution in [2.24, 2.45) is 10.5 Å². The first kappa shape index (κ1) is 10.3. The van der Waals surface area contributed by atoms with Gasteiger partial charge < -0.3 is 0 Å². The molecular formula is C8H17N3. The molecule has 0 fully saturated rings. The topological polar surface area (TPSA) is 48.8 Å². The molecule has 0 aliphatic rings. The number of rotatable bonds is 5. The van der Waals surface area contributed by atoms with Gasteiger partial charge in [-0.2, -0.15) is 0 Å². The molecule has 0 saturated carbocycles.